The molecule has 2 rings (SSSR count). The normalized spacial score (nSPS) is 51.7. The summed E-state index contributed by atoms with van der Waals surface area (Å²) in [5, 5.41) is 9.06. The van der Waals surface area contributed by atoms with Gasteiger partial charge in [-0.3, -0.25) is 0 Å². The predicted octanol–water partition coefficient (Wildman–Crippen LogP) is -1.34. The summed E-state index contributed by atoms with van der Waals surface area (Å²) in [5.41, 5.74) is -0.597. The van der Waals surface area contributed by atoms with Crippen LogP contribution in [-0.4, -0.2) is 57.1 Å². The molecule has 0 aliphatic carbocycles. The van der Waals surface area contributed by atoms with E-state index in [2.05, 4.69) is 0 Å². The third-order valence-electron chi connectivity index (χ3n) is 2.56. The number of aliphatic hydroxyl groups is 1. The lowest BCUT2D eigenvalue weighted by atomic mass is 9.86. The minimum absolute atomic E-state index is 0.0643. The molecule has 0 aromatic rings. The van der Waals surface area contributed by atoms with E-state index in [0.717, 1.165) is 0 Å². The molecular formula is C7H11BO4. The van der Waals surface area contributed by atoms with Crippen molar-refractivity contribution < 1.29 is 19.3 Å². The SMILES string of the molecule is [B]C1OC2(CO)COC2C1OC. The minimum Gasteiger partial charge on any atom is -0.393 e. The van der Waals surface area contributed by atoms with Gasteiger partial charge in [0.2, 0.25) is 0 Å². The Hall–Kier alpha value is -0.0951. The molecule has 1 N–H and O–H groups in total. The molecule has 0 amide bonds. The van der Waals surface area contributed by atoms with Crippen LogP contribution in [0.2, 0.25) is 0 Å². The highest BCUT2D eigenvalue weighted by atomic mass is 16.7. The van der Waals surface area contributed by atoms with Crippen LogP contribution < -0.4 is 0 Å². The Balaban J connectivity index is 2.13. The Morgan fingerprint density at radius 1 is 1.75 bits per heavy atom. The van der Waals surface area contributed by atoms with Crippen molar-refractivity contribution >= 4 is 7.85 Å². The Bertz CT molecular complexity index is 184. The van der Waals surface area contributed by atoms with Crippen molar-refractivity contribution in [3.05, 3.63) is 0 Å². The summed E-state index contributed by atoms with van der Waals surface area (Å²) < 4.78 is 15.7. The van der Waals surface area contributed by atoms with Gasteiger partial charge in [0.1, 0.15) is 25.7 Å². The van der Waals surface area contributed by atoms with Crippen LogP contribution in [0, 0.1) is 0 Å². The zero-order valence-electron chi connectivity index (χ0n) is 6.90. The standard InChI is InChI=1S/C7H11BO4/c1-10-4-5-7(2-9,3-11-5)12-6(4)8/h4-6,9H,2-3H2,1H3. The van der Waals surface area contributed by atoms with E-state index in [1.807, 2.05) is 0 Å². The van der Waals surface area contributed by atoms with Crippen LogP contribution in [-0.2, 0) is 14.2 Å². The van der Waals surface area contributed by atoms with Crippen LogP contribution in [0.3, 0.4) is 0 Å². The minimum atomic E-state index is -0.597. The molecule has 12 heavy (non-hydrogen) atoms. The summed E-state index contributed by atoms with van der Waals surface area (Å²) in [6, 6.07) is -0.491. The molecule has 2 heterocycles. The highest BCUT2D eigenvalue weighted by Crippen LogP contribution is 2.41. The fraction of sp³-hybridized carbons (Fsp3) is 1.00. The molecule has 5 heteroatoms. The van der Waals surface area contributed by atoms with Crippen molar-refractivity contribution in [1.82, 2.24) is 0 Å². The van der Waals surface area contributed by atoms with Crippen molar-refractivity contribution in [3.63, 3.8) is 0 Å². The first-order chi connectivity index (χ1) is 5.73. The zero-order valence-corrected chi connectivity index (χ0v) is 6.90. The van der Waals surface area contributed by atoms with Gasteiger partial charge in [-0.15, -0.1) is 0 Å². The van der Waals surface area contributed by atoms with Gasteiger partial charge in [-0.1, -0.05) is 0 Å². The molecule has 0 spiro atoms. The van der Waals surface area contributed by atoms with Crippen LogP contribution in [0.25, 0.3) is 0 Å². The van der Waals surface area contributed by atoms with Crippen molar-refractivity contribution in [3.8, 4) is 0 Å². The Morgan fingerprint density at radius 3 is 2.83 bits per heavy atom. The van der Waals surface area contributed by atoms with Gasteiger partial charge in [-0.05, 0) is 0 Å². The molecule has 0 aromatic heterocycles. The van der Waals surface area contributed by atoms with Crippen LogP contribution in [0.4, 0.5) is 0 Å². The van der Waals surface area contributed by atoms with E-state index in [-0.39, 0.29) is 18.8 Å². The molecule has 4 atom stereocenters. The summed E-state index contributed by atoms with van der Waals surface area (Å²) in [5.74, 6) is 0. The lowest BCUT2D eigenvalue weighted by Gasteiger charge is -2.42. The van der Waals surface area contributed by atoms with E-state index < -0.39 is 11.6 Å². The van der Waals surface area contributed by atoms with Crippen LogP contribution in [0.15, 0.2) is 0 Å². The molecule has 2 aliphatic heterocycles. The molecule has 2 aliphatic rings. The summed E-state index contributed by atoms with van der Waals surface area (Å²) in [4.78, 5) is 0. The molecule has 2 saturated heterocycles. The molecule has 2 fully saturated rings. The molecule has 4 nitrogen and oxygen atoms in total. The van der Waals surface area contributed by atoms with Crippen LogP contribution in [0.5, 0.6) is 0 Å². The Kier molecular flexibility index (Phi) is 1.91. The number of ether oxygens (including phenoxy) is 3. The third kappa shape index (κ3) is 0.878. The number of rotatable bonds is 2. The monoisotopic (exact) mass is 170 g/mol. The van der Waals surface area contributed by atoms with E-state index in [4.69, 9.17) is 27.2 Å². The first-order valence-corrected chi connectivity index (χ1v) is 3.92. The van der Waals surface area contributed by atoms with Crippen molar-refractivity contribution in [2.75, 3.05) is 20.3 Å². The first-order valence-electron chi connectivity index (χ1n) is 3.92. The second kappa shape index (κ2) is 2.70. The maximum absolute atomic E-state index is 9.06. The van der Waals surface area contributed by atoms with Gasteiger partial charge in [0, 0.05) is 13.1 Å². The van der Waals surface area contributed by atoms with Crippen molar-refractivity contribution in [2.24, 2.45) is 0 Å². The summed E-state index contributed by atoms with van der Waals surface area (Å²) in [7, 11) is 7.19. The molecule has 0 saturated carbocycles. The highest BCUT2D eigenvalue weighted by molar-refractivity contribution is 6.11. The van der Waals surface area contributed by atoms with Gasteiger partial charge >= 0.3 is 0 Å². The summed E-state index contributed by atoms with van der Waals surface area (Å²) in [6.45, 7) is 0.340. The van der Waals surface area contributed by atoms with Gasteiger partial charge in [0.25, 0.3) is 0 Å². The number of fused-ring (bicyclic) bond motifs is 1. The quantitative estimate of drug-likeness (QED) is 0.521. The van der Waals surface area contributed by atoms with Crippen LogP contribution in [0.1, 0.15) is 0 Å². The largest absolute Gasteiger partial charge is 0.393 e. The maximum atomic E-state index is 9.06. The maximum Gasteiger partial charge on any atom is 0.142 e. The molecule has 0 aromatic carbocycles. The zero-order chi connectivity index (χ0) is 8.77. The fourth-order valence-electron chi connectivity index (χ4n) is 1.80. The predicted molar refractivity (Wildman–Crippen MR) is 41.0 cm³/mol. The fourth-order valence-corrected chi connectivity index (χ4v) is 1.80. The van der Waals surface area contributed by atoms with E-state index in [1.54, 1.807) is 7.11 Å². The second-order valence-electron chi connectivity index (χ2n) is 3.24. The average Bonchev–Trinajstić information content (AvgIpc) is 2.23. The summed E-state index contributed by atoms with van der Waals surface area (Å²) in [6.07, 6.45) is -0.464. The van der Waals surface area contributed by atoms with Gasteiger partial charge in [-0.25, -0.2) is 0 Å². The molecule has 4 unspecified atom stereocenters. The smallest absolute Gasteiger partial charge is 0.142 e. The van der Waals surface area contributed by atoms with E-state index in [0.29, 0.717) is 6.61 Å². The molecular weight excluding hydrogens is 159 g/mol. The van der Waals surface area contributed by atoms with E-state index in [9.17, 15) is 0 Å². The first kappa shape index (κ1) is 8.50. The van der Waals surface area contributed by atoms with Gasteiger partial charge < -0.3 is 19.3 Å². The van der Waals surface area contributed by atoms with E-state index in [1.165, 1.54) is 0 Å². The highest BCUT2D eigenvalue weighted by Gasteiger charge is 2.60. The molecule has 0 bridgehead atoms. The Morgan fingerprint density at radius 2 is 2.50 bits per heavy atom. The Labute approximate surface area is 72.2 Å². The number of aliphatic hydroxyl groups excluding tert-OH is 1. The van der Waals surface area contributed by atoms with E-state index >= 15 is 0 Å². The van der Waals surface area contributed by atoms with Gasteiger partial charge in [0.05, 0.1) is 13.2 Å². The second-order valence-corrected chi connectivity index (χ2v) is 3.24. The average molecular weight is 170 g/mol. The lowest BCUT2D eigenvalue weighted by Crippen LogP contribution is -2.61. The lowest BCUT2D eigenvalue weighted by molar-refractivity contribution is -0.241. The number of methoxy groups -OCH3 is 1. The van der Waals surface area contributed by atoms with Crippen molar-refractivity contribution in [2.45, 2.75) is 23.8 Å². The topological polar surface area (TPSA) is 47.9 Å². The summed E-state index contributed by atoms with van der Waals surface area (Å²) >= 11 is 0. The van der Waals surface area contributed by atoms with Crippen molar-refractivity contribution in [1.29, 1.82) is 0 Å². The van der Waals surface area contributed by atoms with Gasteiger partial charge in [-0.2, -0.15) is 0 Å². The number of hydrogen-bond donors (Lipinski definition) is 1. The van der Waals surface area contributed by atoms with Crippen LogP contribution >= 0.6 is 0 Å². The third-order valence-corrected chi connectivity index (χ3v) is 2.56. The molecule has 2 radical (unpaired) electrons. The van der Waals surface area contributed by atoms with Gasteiger partial charge in [0.15, 0.2) is 0 Å². The molecule has 66 valence electrons. The number of hydrogen-bond acceptors (Lipinski definition) is 4.